The second-order valence-corrected chi connectivity index (χ2v) is 7.02. The summed E-state index contributed by atoms with van der Waals surface area (Å²) >= 11 is 0. The topological polar surface area (TPSA) is 66.4 Å². The van der Waals surface area contributed by atoms with E-state index in [9.17, 15) is 13.5 Å². The highest BCUT2D eigenvalue weighted by molar-refractivity contribution is 7.90. The highest BCUT2D eigenvalue weighted by Gasteiger charge is 2.33. The number of nitrogens with one attached hydrogen (secondary N) is 1. The first kappa shape index (κ1) is 12.3. The van der Waals surface area contributed by atoms with Gasteiger partial charge in [0.15, 0.2) is 0 Å². The van der Waals surface area contributed by atoms with Crippen LogP contribution in [0.25, 0.3) is 0 Å². The van der Waals surface area contributed by atoms with Crippen molar-refractivity contribution in [2.75, 3.05) is 0 Å². The minimum absolute atomic E-state index is 0.221. The molecule has 94 valence electrons. The summed E-state index contributed by atoms with van der Waals surface area (Å²) in [6.45, 7) is 0. The first-order chi connectivity index (χ1) is 7.59. The molecule has 16 heavy (non-hydrogen) atoms. The Kier molecular flexibility index (Phi) is 3.87. The Morgan fingerprint density at radius 3 is 2.12 bits per heavy atom. The van der Waals surface area contributed by atoms with E-state index in [0.29, 0.717) is 0 Å². The standard InChI is InChI=1S/C11H21NO3S/c13-11-8-4-3-7-10(11)12-16(14,15)9-5-1-2-6-9/h9-13H,1-8H2/t10-,11-/m0/s1. The van der Waals surface area contributed by atoms with Crippen molar-refractivity contribution in [1.29, 1.82) is 0 Å². The van der Waals surface area contributed by atoms with Gasteiger partial charge in [0.05, 0.1) is 11.4 Å². The van der Waals surface area contributed by atoms with Gasteiger partial charge < -0.3 is 5.11 Å². The third-order valence-electron chi connectivity index (χ3n) is 3.79. The third-order valence-corrected chi connectivity index (χ3v) is 5.77. The van der Waals surface area contributed by atoms with Crippen molar-refractivity contribution < 1.29 is 13.5 Å². The van der Waals surface area contributed by atoms with Crippen molar-refractivity contribution in [2.24, 2.45) is 0 Å². The van der Waals surface area contributed by atoms with Crippen LogP contribution in [0.2, 0.25) is 0 Å². The van der Waals surface area contributed by atoms with E-state index in [2.05, 4.69) is 4.72 Å². The molecule has 0 radical (unpaired) electrons. The molecule has 0 aliphatic heterocycles. The molecule has 2 N–H and O–H groups in total. The Morgan fingerprint density at radius 1 is 0.938 bits per heavy atom. The number of aliphatic hydroxyl groups is 1. The second kappa shape index (κ2) is 5.02. The van der Waals surface area contributed by atoms with Crippen LogP contribution in [0.3, 0.4) is 0 Å². The van der Waals surface area contributed by atoms with Gasteiger partial charge in [0.25, 0.3) is 0 Å². The molecule has 4 nitrogen and oxygen atoms in total. The Labute approximate surface area is 97.5 Å². The molecule has 0 saturated heterocycles. The minimum Gasteiger partial charge on any atom is -0.391 e. The molecule has 0 unspecified atom stereocenters. The molecule has 0 aromatic rings. The number of hydrogen-bond donors (Lipinski definition) is 2. The fourth-order valence-corrected chi connectivity index (χ4v) is 4.60. The molecule has 0 heterocycles. The normalized spacial score (nSPS) is 33.1. The van der Waals surface area contributed by atoms with E-state index in [1.807, 2.05) is 0 Å². The van der Waals surface area contributed by atoms with Gasteiger partial charge in [-0.25, -0.2) is 13.1 Å². The van der Waals surface area contributed by atoms with Crippen molar-refractivity contribution in [3.8, 4) is 0 Å². The fraction of sp³-hybridized carbons (Fsp3) is 1.00. The Balaban J connectivity index is 1.96. The van der Waals surface area contributed by atoms with Crippen LogP contribution in [0.4, 0.5) is 0 Å². The van der Waals surface area contributed by atoms with Crippen LogP contribution in [0.1, 0.15) is 51.4 Å². The zero-order chi connectivity index (χ0) is 11.6. The lowest BCUT2D eigenvalue weighted by molar-refractivity contribution is 0.101. The number of rotatable bonds is 3. The van der Waals surface area contributed by atoms with E-state index in [-0.39, 0.29) is 11.3 Å². The minimum atomic E-state index is -3.20. The lowest BCUT2D eigenvalue weighted by Crippen LogP contribution is -2.47. The van der Waals surface area contributed by atoms with E-state index in [0.717, 1.165) is 51.4 Å². The van der Waals surface area contributed by atoms with Crippen LogP contribution in [-0.2, 0) is 10.0 Å². The summed E-state index contributed by atoms with van der Waals surface area (Å²) in [7, 11) is -3.20. The van der Waals surface area contributed by atoms with Crippen LogP contribution in [-0.4, -0.2) is 30.9 Å². The van der Waals surface area contributed by atoms with E-state index >= 15 is 0 Å². The van der Waals surface area contributed by atoms with Gasteiger partial charge >= 0.3 is 0 Å². The maximum Gasteiger partial charge on any atom is 0.214 e. The van der Waals surface area contributed by atoms with Crippen molar-refractivity contribution >= 4 is 10.0 Å². The summed E-state index contributed by atoms with van der Waals surface area (Å²) in [4.78, 5) is 0. The van der Waals surface area contributed by atoms with Gasteiger partial charge in [0, 0.05) is 6.04 Å². The molecule has 0 spiro atoms. The summed E-state index contributed by atoms with van der Waals surface area (Å²) in [5.41, 5.74) is 0. The van der Waals surface area contributed by atoms with Crippen LogP contribution < -0.4 is 4.72 Å². The molecule has 0 bridgehead atoms. The zero-order valence-corrected chi connectivity index (χ0v) is 10.4. The number of aliphatic hydroxyl groups excluding tert-OH is 1. The first-order valence-corrected chi connectivity index (χ1v) is 7.83. The maximum atomic E-state index is 12.0. The number of sulfonamides is 1. The summed E-state index contributed by atoms with van der Waals surface area (Å²) in [5.74, 6) is 0. The summed E-state index contributed by atoms with van der Waals surface area (Å²) in [6, 6.07) is -0.251. The average molecular weight is 247 g/mol. The summed E-state index contributed by atoms with van der Waals surface area (Å²) < 4.78 is 26.8. The quantitative estimate of drug-likeness (QED) is 0.786. The van der Waals surface area contributed by atoms with E-state index in [1.54, 1.807) is 0 Å². The Hall–Kier alpha value is -0.130. The first-order valence-electron chi connectivity index (χ1n) is 6.29. The molecular weight excluding hydrogens is 226 g/mol. The predicted molar refractivity (Wildman–Crippen MR) is 62.6 cm³/mol. The van der Waals surface area contributed by atoms with Gasteiger partial charge in [-0.15, -0.1) is 0 Å². The van der Waals surface area contributed by atoms with Crippen LogP contribution in [0.5, 0.6) is 0 Å². The molecule has 2 aliphatic rings. The van der Waals surface area contributed by atoms with Crippen molar-refractivity contribution in [3.63, 3.8) is 0 Å². The zero-order valence-electron chi connectivity index (χ0n) is 9.56. The Bertz CT molecular complexity index is 322. The van der Waals surface area contributed by atoms with Gasteiger partial charge in [-0.3, -0.25) is 0 Å². The molecule has 5 heteroatoms. The SMILES string of the molecule is O=S(=O)(N[C@H]1CCCC[C@@H]1O)C1CCCC1. The van der Waals surface area contributed by atoms with Gasteiger partial charge in [-0.2, -0.15) is 0 Å². The molecule has 0 aromatic heterocycles. The molecule has 2 rings (SSSR count). The highest BCUT2D eigenvalue weighted by atomic mass is 32.2. The molecule has 2 fully saturated rings. The molecule has 0 aromatic carbocycles. The van der Waals surface area contributed by atoms with Crippen molar-refractivity contribution in [2.45, 2.75) is 68.8 Å². The van der Waals surface area contributed by atoms with E-state index in [1.165, 1.54) is 0 Å². The maximum absolute atomic E-state index is 12.0. The van der Waals surface area contributed by atoms with Gasteiger partial charge in [0.2, 0.25) is 10.0 Å². The lowest BCUT2D eigenvalue weighted by atomic mass is 9.93. The largest absolute Gasteiger partial charge is 0.391 e. The fourth-order valence-electron chi connectivity index (χ4n) is 2.75. The molecule has 2 atom stereocenters. The molecule has 0 amide bonds. The van der Waals surface area contributed by atoms with Crippen LogP contribution in [0.15, 0.2) is 0 Å². The van der Waals surface area contributed by atoms with E-state index < -0.39 is 16.1 Å². The molecule has 2 aliphatic carbocycles. The van der Waals surface area contributed by atoms with Crippen LogP contribution in [0, 0.1) is 0 Å². The molecular formula is C11H21NO3S. The van der Waals surface area contributed by atoms with Crippen molar-refractivity contribution in [3.05, 3.63) is 0 Å². The van der Waals surface area contributed by atoms with Crippen LogP contribution >= 0.6 is 0 Å². The van der Waals surface area contributed by atoms with Crippen molar-refractivity contribution in [1.82, 2.24) is 4.72 Å². The lowest BCUT2D eigenvalue weighted by Gasteiger charge is -2.29. The van der Waals surface area contributed by atoms with E-state index in [4.69, 9.17) is 0 Å². The number of hydrogen-bond acceptors (Lipinski definition) is 3. The molecule has 2 saturated carbocycles. The van der Waals surface area contributed by atoms with Gasteiger partial charge in [0.1, 0.15) is 0 Å². The highest BCUT2D eigenvalue weighted by Crippen LogP contribution is 2.26. The Morgan fingerprint density at radius 2 is 1.50 bits per heavy atom. The summed E-state index contributed by atoms with van der Waals surface area (Å²) in [6.07, 6.45) is 6.58. The average Bonchev–Trinajstić information content (AvgIpc) is 2.75. The predicted octanol–water partition coefficient (Wildman–Crippen LogP) is 1.15. The monoisotopic (exact) mass is 247 g/mol. The smallest absolute Gasteiger partial charge is 0.214 e. The summed E-state index contributed by atoms with van der Waals surface area (Å²) in [5, 5.41) is 9.53. The van der Waals surface area contributed by atoms with Gasteiger partial charge in [-0.05, 0) is 25.7 Å². The van der Waals surface area contributed by atoms with Gasteiger partial charge in [-0.1, -0.05) is 25.7 Å². The third kappa shape index (κ3) is 2.76. The second-order valence-electron chi connectivity index (χ2n) is 5.03.